The van der Waals surface area contributed by atoms with E-state index in [0.717, 1.165) is 13.0 Å². The first-order valence-electron chi connectivity index (χ1n) is 8.06. The molecule has 2 unspecified atom stereocenters. The Morgan fingerprint density at radius 2 is 2.05 bits per heavy atom. The largest absolute Gasteiger partial charge is 0.312 e. The zero-order chi connectivity index (χ0) is 14.6. The minimum absolute atomic E-state index is 0.238. The van der Waals surface area contributed by atoms with Crippen molar-refractivity contribution in [2.24, 2.45) is 7.05 Å². The third-order valence-electron chi connectivity index (χ3n) is 4.94. The smallest absolute Gasteiger partial charge is 0.0522 e. The van der Waals surface area contributed by atoms with Gasteiger partial charge in [0.25, 0.3) is 0 Å². The number of likely N-dealkylation sites (N-methyl/N-ethyl adjacent to an activating group) is 1. The van der Waals surface area contributed by atoms with Gasteiger partial charge in [0, 0.05) is 24.8 Å². The van der Waals surface area contributed by atoms with Gasteiger partial charge in [0.1, 0.15) is 0 Å². The molecule has 1 aromatic rings. The second-order valence-corrected chi connectivity index (χ2v) is 6.24. The van der Waals surface area contributed by atoms with Gasteiger partial charge >= 0.3 is 0 Å². The molecular formula is C16H30N4. The van der Waals surface area contributed by atoms with Crippen molar-refractivity contribution in [3.8, 4) is 0 Å². The van der Waals surface area contributed by atoms with Gasteiger partial charge in [-0.1, -0.05) is 13.8 Å². The number of likely N-dealkylation sites (tertiary alicyclic amines) is 1. The van der Waals surface area contributed by atoms with Gasteiger partial charge in [-0.05, 0) is 57.8 Å². The van der Waals surface area contributed by atoms with Gasteiger partial charge in [-0.3, -0.25) is 9.58 Å². The normalized spacial score (nSPS) is 21.0. The third kappa shape index (κ3) is 3.23. The van der Waals surface area contributed by atoms with E-state index in [1.165, 1.54) is 37.9 Å². The van der Waals surface area contributed by atoms with E-state index >= 15 is 0 Å². The summed E-state index contributed by atoms with van der Waals surface area (Å²) in [4.78, 5) is 2.69. The van der Waals surface area contributed by atoms with Crippen molar-refractivity contribution in [3.63, 3.8) is 0 Å². The SMILES string of the molecule is CCNC(Cc1cnn(C)c1)C(C)(CC)N1CCCC1. The van der Waals surface area contributed by atoms with E-state index in [-0.39, 0.29) is 5.54 Å². The fraction of sp³-hybridized carbons (Fsp3) is 0.812. The first-order chi connectivity index (χ1) is 9.60. The molecule has 1 aliphatic heterocycles. The zero-order valence-electron chi connectivity index (χ0n) is 13.5. The lowest BCUT2D eigenvalue weighted by molar-refractivity contribution is 0.0847. The molecule has 1 N–H and O–H groups in total. The predicted molar refractivity (Wildman–Crippen MR) is 83.9 cm³/mol. The standard InChI is InChI=1S/C16H30N4/c1-5-16(3,20-9-7-8-10-20)15(17-6-2)11-14-12-18-19(4)13-14/h12-13,15,17H,5-11H2,1-4H3. The number of hydrogen-bond donors (Lipinski definition) is 1. The molecule has 0 saturated carbocycles. The average Bonchev–Trinajstić information content (AvgIpc) is 3.09. The monoisotopic (exact) mass is 278 g/mol. The van der Waals surface area contributed by atoms with E-state index in [9.17, 15) is 0 Å². The highest BCUT2D eigenvalue weighted by atomic mass is 15.2. The lowest BCUT2D eigenvalue weighted by atomic mass is 9.84. The number of nitrogens with one attached hydrogen (secondary N) is 1. The molecule has 1 aliphatic rings. The van der Waals surface area contributed by atoms with Crippen LogP contribution in [0.25, 0.3) is 0 Å². The van der Waals surface area contributed by atoms with Gasteiger partial charge < -0.3 is 5.32 Å². The van der Waals surface area contributed by atoms with Gasteiger partial charge in [-0.15, -0.1) is 0 Å². The molecule has 1 aromatic heterocycles. The highest BCUT2D eigenvalue weighted by Crippen LogP contribution is 2.29. The van der Waals surface area contributed by atoms with Crippen LogP contribution in [-0.4, -0.2) is 45.9 Å². The molecule has 0 bridgehead atoms. The molecule has 1 fully saturated rings. The summed E-state index contributed by atoms with van der Waals surface area (Å²) < 4.78 is 1.90. The Hall–Kier alpha value is -0.870. The molecule has 114 valence electrons. The van der Waals surface area contributed by atoms with Gasteiger partial charge in [-0.25, -0.2) is 0 Å². The first-order valence-corrected chi connectivity index (χ1v) is 8.06. The maximum absolute atomic E-state index is 4.31. The van der Waals surface area contributed by atoms with E-state index in [4.69, 9.17) is 0 Å². The molecule has 1 saturated heterocycles. The fourth-order valence-electron chi connectivity index (χ4n) is 3.49. The second-order valence-electron chi connectivity index (χ2n) is 6.24. The van der Waals surface area contributed by atoms with Crippen LogP contribution in [0.1, 0.15) is 45.6 Å². The van der Waals surface area contributed by atoms with Crippen molar-refractivity contribution in [2.45, 2.75) is 58.0 Å². The quantitative estimate of drug-likeness (QED) is 0.830. The van der Waals surface area contributed by atoms with Crippen LogP contribution < -0.4 is 5.32 Å². The molecule has 0 spiro atoms. The summed E-state index contributed by atoms with van der Waals surface area (Å²) in [6.07, 6.45) is 9.09. The number of aromatic nitrogens is 2. The summed E-state index contributed by atoms with van der Waals surface area (Å²) in [5.41, 5.74) is 1.57. The van der Waals surface area contributed by atoms with Crippen molar-refractivity contribution in [3.05, 3.63) is 18.0 Å². The van der Waals surface area contributed by atoms with Crippen molar-refractivity contribution in [1.82, 2.24) is 20.0 Å². The molecule has 0 aromatic carbocycles. The summed E-state index contributed by atoms with van der Waals surface area (Å²) in [6.45, 7) is 10.5. The zero-order valence-corrected chi connectivity index (χ0v) is 13.5. The minimum atomic E-state index is 0.238. The number of aryl methyl sites for hydroxylation is 1. The molecule has 20 heavy (non-hydrogen) atoms. The van der Waals surface area contributed by atoms with E-state index < -0.39 is 0 Å². The Kier molecular flexibility index (Phi) is 5.22. The highest BCUT2D eigenvalue weighted by molar-refractivity contribution is 5.10. The lowest BCUT2D eigenvalue weighted by Crippen LogP contribution is -2.59. The van der Waals surface area contributed by atoms with Crippen molar-refractivity contribution in [1.29, 1.82) is 0 Å². The van der Waals surface area contributed by atoms with Crippen LogP contribution in [0.4, 0.5) is 0 Å². The summed E-state index contributed by atoms with van der Waals surface area (Å²) in [7, 11) is 1.99. The van der Waals surface area contributed by atoms with E-state index in [1.54, 1.807) is 0 Å². The van der Waals surface area contributed by atoms with Crippen molar-refractivity contribution < 1.29 is 0 Å². The van der Waals surface area contributed by atoms with Crippen LogP contribution >= 0.6 is 0 Å². The highest BCUT2D eigenvalue weighted by Gasteiger charge is 2.39. The molecule has 2 heterocycles. The maximum Gasteiger partial charge on any atom is 0.0522 e. The molecule has 2 rings (SSSR count). The van der Waals surface area contributed by atoms with E-state index in [1.807, 2.05) is 17.9 Å². The van der Waals surface area contributed by atoms with Gasteiger partial charge in [0.2, 0.25) is 0 Å². The molecule has 4 heteroatoms. The van der Waals surface area contributed by atoms with E-state index in [2.05, 4.69) is 42.3 Å². The molecule has 0 aliphatic carbocycles. The summed E-state index contributed by atoms with van der Waals surface area (Å²) in [5.74, 6) is 0. The van der Waals surface area contributed by atoms with E-state index in [0.29, 0.717) is 6.04 Å². The lowest BCUT2D eigenvalue weighted by Gasteiger charge is -2.45. The van der Waals surface area contributed by atoms with Crippen molar-refractivity contribution >= 4 is 0 Å². The third-order valence-corrected chi connectivity index (χ3v) is 4.94. The molecule has 2 atom stereocenters. The topological polar surface area (TPSA) is 33.1 Å². The number of rotatable bonds is 7. The summed E-state index contributed by atoms with van der Waals surface area (Å²) in [5, 5.41) is 8.04. The Balaban J connectivity index is 2.15. The van der Waals surface area contributed by atoms with Crippen LogP contribution in [0.5, 0.6) is 0 Å². The Morgan fingerprint density at radius 3 is 2.55 bits per heavy atom. The fourth-order valence-corrected chi connectivity index (χ4v) is 3.49. The Morgan fingerprint density at radius 1 is 1.35 bits per heavy atom. The molecular weight excluding hydrogens is 248 g/mol. The van der Waals surface area contributed by atoms with Crippen LogP contribution in [0.3, 0.4) is 0 Å². The average molecular weight is 278 g/mol. The Bertz CT molecular complexity index is 408. The second kappa shape index (κ2) is 6.72. The van der Waals surface area contributed by atoms with Crippen molar-refractivity contribution in [2.75, 3.05) is 19.6 Å². The van der Waals surface area contributed by atoms with Gasteiger partial charge in [-0.2, -0.15) is 5.10 Å². The number of hydrogen-bond acceptors (Lipinski definition) is 3. The van der Waals surface area contributed by atoms with Crippen LogP contribution in [0.15, 0.2) is 12.4 Å². The first kappa shape index (κ1) is 15.5. The summed E-state index contributed by atoms with van der Waals surface area (Å²) in [6, 6.07) is 0.486. The van der Waals surface area contributed by atoms with Gasteiger partial charge in [0.15, 0.2) is 0 Å². The maximum atomic E-state index is 4.31. The van der Waals surface area contributed by atoms with Crippen LogP contribution in [0.2, 0.25) is 0 Å². The van der Waals surface area contributed by atoms with Crippen LogP contribution in [0, 0.1) is 0 Å². The molecule has 4 nitrogen and oxygen atoms in total. The minimum Gasteiger partial charge on any atom is -0.312 e. The molecule has 0 amide bonds. The number of nitrogens with zero attached hydrogens (tertiary/aromatic N) is 3. The summed E-state index contributed by atoms with van der Waals surface area (Å²) >= 11 is 0. The van der Waals surface area contributed by atoms with Gasteiger partial charge in [0.05, 0.1) is 6.20 Å². The predicted octanol–water partition coefficient (Wildman–Crippen LogP) is 2.21. The molecule has 0 radical (unpaired) electrons. The van der Waals surface area contributed by atoms with Crippen LogP contribution in [-0.2, 0) is 13.5 Å². The Labute approximate surface area is 123 Å².